The number of alkyl carbamates (subject to hydrolysis) is 1. The van der Waals surface area contributed by atoms with Crippen molar-refractivity contribution in [1.29, 1.82) is 0 Å². The van der Waals surface area contributed by atoms with E-state index < -0.39 is 28.8 Å². The van der Waals surface area contributed by atoms with Gasteiger partial charge in [0.1, 0.15) is 17.2 Å². The summed E-state index contributed by atoms with van der Waals surface area (Å²) in [6.45, 7) is 10.7. The van der Waals surface area contributed by atoms with Crippen LogP contribution in [0.3, 0.4) is 0 Å². The van der Waals surface area contributed by atoms with E-state index in [4.69, 9.17) is 4.74 Å². The molecule has 1 aliphatic carbocycles. The van der Waals surface area contributed by atoms with Crippen molar-refractivity contribution in [3.8, 4) is 0 Å². The highest BCUT2D eigenvalue weighted by molar-refractivity contribution is 7.10. The topological polar surface area (TPSA) is 102 Å². The van der Waals surface area contributed by atoms with Crippen LogP contribution >= 0.6 is 11.3 Å². The second-order valence-corrected chi connectivity index (χ2v) is 16.9. The van der Waals surface area contributed by atoms with Gasteiger partial charge in [-0.25, -0.2) is 9.80 Å². The molecule has 11 heteroatoms. The minimum atomic E-state index is -1.06. The summed E-state index contributed by atoms with van der Waals surface area (Å²) in [5.74, 6) is -0.870. The molecule has 1 saturated carbocycles. The molecule has 4 amide bonds. The van der Waals surface area contributed by atoms with Gasteiger partial charge in [0.2, 0.25) is 11.8 Å². The molecule has 52 heavy (non-hydrogen) atoms. The second-order valence-electron chi connectivity index (χ2n) is 15.9. The highest BCUT2D eigenvalue weighted by atomic mass is 32.1. The number of hydrazine groups is 1. The second kappa shape index (κ2) is 15.8. The zero-order valence-corrected chi connectivity index (χ0v) is 32.8. The maximum Gasteiger partial charge on any atom is 0.408 e. The van der Waals surface area contributed by atoms with E-state index in [9.17, 15) is 19.2 Å². The molecule has 1 aliphatic heterocycles. The van der Waals surface area contributed by atoms with E-state index in [0.717, 1.165) is 53.6 Å². The van der Waals surface area contributed by atoms with Crippen molar-refractivity contribution in [3.05, 3.63) is 82.6 Å². The largest absolute Gasteiger partial charge is 0.444 e. The van der Waals surface area contributed by atoms with Gasteiger partial charge < -0.3 is 19.9 Å². The molecule has 1 saturated heterocycles. The smallest absolute Gasteiger partial charge is 0.408 e. The van der Waals surface area contributed by atoms with E-state index in [1.807, 2.05) is 74.8 Å². The number of nitrogens with zero attached hydrogens (tertiary/aromatic N) is 4. The van der Waals surface area contributed by atoms with Crippen LogP contribution in [0.15, 0.2) is 72.1 Å². The lowest BCUT2D eigenvalue weighted by Gasteiger charge is -2.40. The molecule has 2 fully saturated rings. The molecule has 0 spiro atoms. The summed E-state index contributed by atoms with van der Waals surface area (Å²) in [6, 6.07) is 17.3. The molecule has 1 N–H and O–H groups in total. The van der Waals surface area contributed by atoms with Crippen molar-refractivity contribution < 1.29 is 23.9 Å². The van der Waals surface area contributed by atoms with Gasteiger partial charge in [-0.15, -0.1) is 11.3 Å². The number of rotatable bonds is 12. The first-order valence-electron chi connectivity index (χ1n) is 18.3. The highest BCUT2D eigenvalue weighted by Crippen LogP contribution is 2.57. The van der Waals surface area contributed by atoms with Crippen LogP contribution in [0.1, 0.15) is 83.1 Å². The van der Waals surface area contributed by atoms with Crippen molar-refractivity contribution in [2.75, 3.05) is 34.2 Å². The number of ether oxygens (including phenoxy) is 1. The molecular formula is C41H55N5O5S. The molecule has 2 aromatic carbocycles. The summed E-state index contributed by atoms with van der Waals surface area (Å²) in [5, 5.41) is 10.8. The molecule has 0 bridgehead atoms. The number of benzene rings is 2. The molecule has 3 atom stereocenters. The van der Waals surface area contributed by atoms with Crippen LogP contribution in [0.2, 0.25) is 0 Å². The summed E-state index contributed by atoms with van der Waals surface area (Å²) < 4.78 is 5.41. The Balaban J connectivity index is 1.42. The Hall–Kier alpha value is -4.22. The third kappa shape index (κ3) is 9.04. The molecule has 0 radical (unpaired) electrons. The summed E-state index contributed by atoms with van der Waals surface area (Å²) in [7, 11) is 5.19. The average Bonchev–Trinajstić information content (AvgIpc) is 3.61. The highest BCUT2D eigenvalue weighted by Gasteiger charge is 2.67. The van der Waals surface area contributed by atoms with E-state index in [1.54, 1.807) is 62.2 Å². The molecule has 5 rings (SSSR count). The lowest BCUT2D eigenvalue weighted by molar-refractivity contribution is -0.160. The molecular weight excluding hydrogens is 675 g/mol. The Morgan fingerprint density at radius 2 is 1.65 bits per heavy atom. The summed E-state index contributed by atoms with van der Waals surface area (Å²) >= 11 is 1.60. The van der Waals surface area contributed by atoms with Crippen molar-refractivity contribution in [2.45, 2.75) is 102 Å². The molecule has 1 aromatic heterocycles. The number of nitrogens with one attached hydrogen (secondary N) is 1. The first-order chi connectivity index (χ1) is 24.5. The quantitative estimate of drug-likeness (QED) is 0.207. The van der Waals surface area contributed by atoms with Crippen molar-refractivity contribution in [2.24, 2.45) is 0 Å². The van der Waals surface area contributed by atoms with Crippen LogP contribution in [0.25, 0.3) is 10.8 Å². The first kappa shape index (κ1) is 39.0. The zero-order chi connectivity index (χ0) is 37.8. The monoisotopic (exact) mass is 729 g/mol. The van der Waals surface area contributed by atoms with Gasteiger partial charge in [-0.3, -0.25) is 19.4 Å². The van der Waals surface area contributed by atoms with Crippen molar-refractivity contribution in [1.82, 2.24) is 25.1 Å². The van der Waals surface area contributed by atoms with E-state index in [-0.39, 0.29) is 30.1 Å². The Morgan fingerprint density at radius 1 is 0.962 bits per heavy atom. The Labute approximate surface area is 312 Å². The number of carbonyl (C=O) groups excluding carboxylic acids is 4. The lowest BCUT2D eigenvalue weighted by atomic mass is 9.98. The fourth-order valence-electron chi connectivity index (χ4n) is 7.17. The number of thiophene rings is 1. The van der Waals surface area contributed by atoms with Crippen LogP contribution in [0, 0.1) is 0 Å². The Morgan fingerprint density at radius 3 is 2.31 bits per heavy atom. The third-order valence-electron chi connectivity index (χ3n) is 10.2. The van der Waals surface area contributed by atoms with Crippen LogP contribution in [0.4, 0.5) is 4.79 Å². The normalized spacial score (nSPS) is 20.0. The maximum atomic E-state index is 14.9. The minimum absolute atomic E-state index is 0.0956. The summed E-state index contributed by atoms with van der Waals surface area (Å²) in [5.41, 5.74) is -1.47. The molecule has 10 nitrogen and oxygen atoms in total. The van der Waals surface area contributed by atoms with Gasteiger partial charge >= 0.3 is 6.09 Å². The lowest BCUT2D eigenvalue weighted by Crippen LogP contribution is -2.60. The molecule has 1 unspecified atom stereocenters. The van der Waals surface area contributed by atoms with Crippen molar-refractivity contribution in [3.63, 3.8) is 0 Å². The SMILES string of the molecule is CN(C(=O)/C=C/CC(C)(C)NC(=O)OC(C)(C)C)[C@H](Cc1ccc2ccccc2c1)C(=O)N(C)[C@@]1(C(=O)N(C)N2CCCCC2)CC1c1cccs1. The number of amides is 4. The number of hydrogen-bond acceptors (Lipinski definition) is 7. The van der Waals surface area contributed by atoms with Crippen LogP contribution in [-0.4, -0.2) is 101 Å². The Bertz CT molecular complexity index is 1780. The molecule has 2 aliphatic rings. The number of fused-ring (bicyclic) bond motifs is 1. The fraction of sp³-hybridized carbons (Fsp3) is 0.512. The van der Waals surface area contributed by atoms with Crippen LogP contribution in [0.5, 0.6) is 0 Å². The number of hydrogen-bond donors (Lipinski definition) is 1. The number of carbonyl (C=O) groups is 4. The first-order valence-corrected chi connectivity index (χ1v) is 19.2. The third-order valence-corrected chi connectivity index (χ3v) is 11.2. The van der Waals surface area contributed by atoms with Crippen LogP contribution < -0.4 is 5.32 Å². The summed E-state index contributed by atoms with van der Waals surface area (Å²) in [6.07, 6.45) is 6.97. The van der Waals surface area contributed by atoms with Gasteiger partial charge in [0.25, 0.3) is 5.91 Å². The summed E-state index contributed by atoms with van der Waals surface area (Å²) in [4.78, 5) is 59.9. The van der Waals surface area contributed by atoms with E-state index >= 15 is 0 Å². The minimum Gasteiger partial charge on any atom is -0.444 e. The number of piperidine rings is 1. The van der Waals surface area contributed by atoms with E-state index in [2.05, 4.69) is 16.4 Å². The zero-order valence-electron chi connectivity index (χ0n) is 32.0. The van der Waals surface area contributed by atoms with Gasteiger partial charge in [-0.2, -0.15) is 0 Å². The van der Waals surface area contributed by atoms with Gasteiger partial charge in [0.15, 0.2) is 0 Å². The van der Waals surface area contributed by atoms with Gasteiger partial charge in [0.05, 0.1) is 0 Å². The predicted octanol–water partition coefficient (Wildman–Crippen LogP) is 6.76. The van der Waals surface area contributed by atoms with Gasteiger partial charge in [-0.05, 0) is 94.2 Å². The van der Waals surface area contributed by atoms with E-state index in [0.29, 0.717) is 12.8 Å². The predicted molar refractivity (Wildman–Crippen MR) is 207 cm³/mol. The molecule has 3 aromatic rings. The molecule has 280 valence electrons. The van der Waals surface area contributed by atoms with Gasteiger partial charge in [0, 0.05) is 57.0 Å². The van der Waals surface area contributed by atoms with Gasteiger partial charge in [-0.1, -0.05) is 61.0 Å². The Kier molecular flexibility index (Phi) is 11.8. The van der Waals surface area contributed by atoms with E-state index in [1.165, 1.54) is 11.0 Å². The standard InChI is InChI=1S/C41H55N5O5S/c1-39(2,3)51-38(50)42-40(4,5)22-14-19-35(47)43(6)33(27-29-20-21-30-16-10-11-17-31(30)26-29)36(48)44(7)41(28-32(41)34-18-15-25-52-34)37(49)45(8)46-23-12-9-13-24-46/h10-11,14-21,25-26,32-33H,9,12-13,22-24,27-28H2,1-8H3,(H,42,50)/b19-14+/t32?,33-,41+/m1/s1. The van der Waals surface area contributed by atoms with Crippen LogP contribution in [-0.2, 0) is 25.5 Å². The average molecular weight is 730 g/mol. The maximum absolute atomic E-state index is 14.9. The molecule has 2 heterocycles. The number of likely N-dealkylation sites (N-methyl/N-ethyl adjacent to an activating group) is 3. The fourth-order valence-corrected chi connectivity index (χ4v) is 8.08. The van der Waals surface area contributed by atoms with Crippen molar-refractivity contribution >= 4 is 45.9 Å².